The number of carbonyl (C=O) groups is 4. The number of nitrogens with zero attached hydrogens (tertiary/aromatic N) is 2. The van der Waals surface area contributed by atoms with Crippen LogP contribution in [0, 0.1) is 11.8 Å². The summed E-state index contributed by atoms with van der Waals surface area (Å²) in [7, 11) is 2.45. The molecule has 0 saturated carbocycles. The van der Waals surface area contributed by atoms with Crippen molar-refractivity contribution in [3.05, 3.63) is 65.7 Å². The second-order valence-corrected chi connectivity index (χ2v) is 12.4. The Hall–Kier alpha value is -4.36. The molecule has 0 heterocycles. The third-order valence-corrected chi connectivity index (χ3v) is 8.57. The van der Waals surface area contributed by atoms with Gasteiger partial charge in [-0.2, -0.15) is 0 Å². The summed E-state index contributed by atoms with van der Waals surface area (Å²) in [6.45, 7) is 13.4. The summed E-state index contributed by atoms with van der Waals surface area (Å²) in [6, 6.07) is 14.7. The van der Waals surface area contributed by atoms with Crippen LogP contribution in [0.4, 0.5) is 15.3 Å². The molecule has 0 bridgehead atoms. The van der Waals surface area contributed by atoms with Crippen molar-refractivity contribution in [1.82, 2.24) is 26.4 Å². The van der Waals surface area contributed by atoms with Gasteiger partial charge in [0.25, 0.3) is 5.91 Å². The zero-order valence-electron chi connectivity index (χ0n) is 30.2. The third-order valence-electron chi connectivity index (χ3n) is 8.57. The number of hydrogen-bond acceptors (Lipinski definition) is 9. The normalized spacial score (nSPS) is 14.2. The van der Waals surface area contributed by atoms with E-state index in [0.717, 1.165) is 29.9 Å². The van der Waals surface area contributed by atoms with Crippen LogP contribution < -0.4 is 26.3 Å². The molecule has 0 aliphatic rings. The van der Waals surface area contributed by atoms with E-state index in [-0.39, 0.29) is 31.3 Å². The van der Waals surface area contributed by atoms with Crippen LogP contribution in [0.2, 0.25) is 0 Å². The number of alkyl carbamates (subject to hydrolysis) is 2. The van der Waals surface area contributed by atoms with Crippen LogP contribution in [0.15, 0.2) is 54.6 Å². The first-order valence-corrected chi connectivity index (χ1v) is 17.0. The highest BCUT2D eigenvalue weighted by atomic mass is 16.5. The van der Waals surface area contributed by atoms with Gasteiger partial charge in [-0.05, 0) is 55.4 Å². The number of hydrazine groups is 1. The largest absolute Gasteiger partial charge is 0.453 e. The van der Waals surface area contributed by atoms with Crippen LogP contribution in [0.25, 0.3) is 0 Å². The first-order valence-electron chi connectivity index (χ1n) is 17.0. The summed E-state index contributed by atoms with van der Waals surface area (Å²) >= 11 is 0. The average molecular weight is 685 g/mol. The lowest BCUT2D eigenvalue weighted by Gasteiger charge is -2.33. The Morgan fingerprint density at radius 1 is 0.755 bits per heavy atom. The van der Waals surface area contributed by atoms with E-state index >= 15 is 0 Å². The molecule has 5 N–H and O–H groups in total. The second-order valence-electron chi connectivity index (χ2n) is 12.4. The fourth-order valence-corrected chi connectivity index (χ4v) is 5.38. The molecule has 0 spiro atoms. The van der Waals surface area contributed by atoms with Gasteiger partial charge >= 0.3 is 12.2 Å². The quantitative estimate of drug-likeness (QED) is 0.139. The predicted octanol–water partition coefficient (Wildman–Crippen LogP) is 3.61. The Balaban J connectivity index is 2.44. The molecule has 2 aromatic carbocycles. The minimum Gasteiger partial charge on any atom is -0.453 e. The van der Waals surface area contributed by atoms with Crippen molar-refractivity contribution in [3.8, 4) is 0 Å². The van der Waals surface area contributed by atoms with Gasteiger partial charge in [0, 0.05) is 31.9 Å². The van der Waals surface area contributed by atoms with Crippen LogP contribution in [0.1, 0.15) is 59.1 Å². The van der Waals surface area contributed by atoms with E-state index in [2.05, 4.69) is 40.1 Å². The topological polar surface area (TPSA) is 162 Å². The maximum atomic E-state index is 13.7. The number of benzene rings is 2. The molecule has 2 rings (SSSR count). The summed E-state index contributed by atoms with van der Waals surface area (Å²) in [4.78, 5) is 53.6. The summed E-state index contributed by atoms with van der Waals surface area (Å²) in [5.41, 5.74) is 5.70. The third kappa shape index (κ3) is 13.2. The molecule has 0 aromatic heterocycles. The van der Waals surface area contributed by atoms with Crippen LogP contribution in [0.5, 0.6) is 0 Å². The number of methoxy groups -OCH3 is 2. The monoisotopic (exact) mass is 684 g/mol. The van der Waals surface area contributed by atoms with Crippen molar-refractivity contribution in [2.45, 2.75) is 85.2 Å². The molecule has 49 heavy (non-hydrogen) atoms. The van der Waals surface area contributed by atoms with Gasteiger partial charge in [-0.25, -0.2) is 14.6 Å². The molecule has 2 unspecified atom stereocenters. The lowest BCUT2D eigenvalue weighted by molar-refractivity contribution is -0.131. The van der Waals surface area contributed by atoms with E-state index in [1.54, 1.807) is 18.9 Å². The number of aliphatic hydroxyl groups is 1. The summed E-state index contributed by atoms with van der Waals surface area (Å²) in [5, 5.41) is 21.5. The second kappa shape index (κ2) is 20.9. The zero-order valence-corrected chi connectivity index (χ0v) is 30.2. The number of anilines is 1. The maximum Gasteiger partial charge on any atom is 0.407 e. The standard InChI is InChI=1S/C36H56N6O7/c1-9-25(6)32(39-36(47)49-8)33(44)37-29(21-26-15-13-12-14-16-26)30(43)23-42(40-34(45)31(24(4)5)38-35(46)48-7)22-27-17-19-28(20-18-27)41(10-2)11-3/h12-20,24-25,29-32,43H,9-11,21-23H2,1-8H3,(H,37,44)(H,38,46)(H,39,47)(H,40,45)/t25-,29?,30?,31-,32-/m0/s1. The van der Waals surface area contributed by atoms with Gasteiger partial charge in [-0.15, -0.1) is 0 Å². The molecule has 0 aliphatic heterocycles. The maximum absolute atomic E-state index is 13.7. The van der Waals surface area contributed by atoms with Crippen LogP contribution in [-0.4, -0.2) is 92.2 Å². The van der Waals surface area contributed by atoms with E-state index in [4.69, 9.17) is 9.47 Å². The van der Waals surface area contributed by atoms with Crippen molar-refractivity contribution in [1.29, 1.82) is 0 Å². The van der Waals surface area contributed by atoms with Gasteiger partial charge in [-0.1, -0.05) is 76.6 Å². The number of carbonyl (C=O) groups excluding carboxylic acids is 4. The van der Waals surface area contributed by atoms with E-state index in [1.165, 1.54) is 14.2 Å². The van der Waals surface area contributed by atoms with Gasteiger partial charge < -0.3 is 35.4 Å². The van der Waals surface area contributed by atoms with E-state index in [9.17, 15) is 24.3 Å². The Labute approximate surface area is 291 Å². The highest BCUT2D eigenvalue weighted by molar-refractivity contribution is 5.86. The van der Waals surface area contributed by atoms with E-state index < -0.39 is 48.2 Å². The highest BCUT2D eigenvalue weighted by Crippen LogP contribution is 2.17. The van der Waals surface area contributed by atoms with Crippen molar-refractivity contribution in [2.24, 2.45) is 11.8 Å². The molecule has 2 aromatic rings. The smallest absolute Gasteiger partial charge is 0.407 e. The highest BCUT2D eigenvalue weighted by Gasteiger charge is 2.32. The minimum atomic E-state index is -1.18. The van der Waals surface area contributed by atoms with E-state index in [1.807, 2.05) is 68.4 Å². The Morgan fingerprint density at radius 3 is 1.84 bits per heavy atom. The lowest BCUT2D eigenvalue weighted by Crippen LogP contribution is -2.59. The van der Waals surface area contributed by atoms with Gasteiger partial charge in [0.05, 0.1) is 26.4 Å². The van der Waals surface area contributed by atoms with Crippen LogP contribution in [0.3, 0.4) is 0 Å². The number of hydrogen-bond donors (Lipinski definition) is 5. The van der Waals surface area contributed by atoms with Crippen LogP contribution in [-0.2, 0) is 32.0 Å². The first kappa shape index (κ1) is 40.8. The fraction of sp³-hybridized carbons (Fsp3) is 0.556. The van der Waals surface area contributed by atoms with Gasteiger partial charge in [-0.3, -0.25) is 15.0 Å². The number of rotatable bonds is 19. The molecule has 0 radical (unpaired) electrons. The average Bonchev–Trinajstić information content (AvgIpc) is 3.09. The molecule has 5 atom stereocenters. The van der Waals surface area contributed by atoms with Crippen molar-refractivity contribution in [3.63, 3.8) is 0 Å². The van der Waals surface area contributed by atoms with Crippen molar-refractivity contribution in [2.75, 3.05) is 38.8 Å². The Kier molecular flexibility index (Phi) is 17.4. The molecule has 0 saturated heterocycles. The van der Waals surface area contributed by atoms with Gasteiger partial charge in [0.15, 0.2) is 0 Å². The number of amides is 4. The molecule has 0 aliphatic carbocycles. The van der Waals surface area contributed by atoms with Crippen molar-refractivity contribution < 1.29 is 33.8 Å². The summed E-state index contributed by atoms with van der Waals surface area (Å²) in [6.07, 6.45) is -1.77. The van der Waals surface area contributed by atoms with Crippen molar-refractivity contribution >= 4 is 29.7 Å². The summed E-state index contributed by atoms with van der Waals surface area (Å²) < 4.78 is 9.49. The number of ether oxygens (including phenoxy) is 2. The fourth-order valence-electron chi connectivity index (χ4n) is 5.38. The number of nitrogens with one attached hydrogen (secondary N) is 4. The molecular weight excluding hydrogens is 628 g/mol. The molecule has 272 valence electrons. The molecule has 13 heteroatoms. The van der Waals surface area contributed by atoms with Gasteiger partial charge in [0.2, 0.25) is 5.91 Å². The molecule has 4 amide bonds. The molecular formula is C36H56N6O7. The van der Waals surface area contributed by atoms with Gasteiger partial charge in [0.1, 0.15) is 12.1 Å². The summed E-state index contributed by atoms with van der Waals surface area (Å²) in [5.74, 6) is -1.46. The SMILES string of the molecule is CC[C@H](C)[C@H](NC(=O)OC)C(=O)NC(Cc1ccccc1)C(O)CN(Cc1ccc(N(CC)CC)cc1)NC(=O)[C@@H](NC(=O)OC)C(C)C. The molecule has 0 fully saturated rings. The molecule has 13 nitrogen and oxygen atoms in total. The number of aliphatic hydroxyl groups excluding tert-OH is 1. The minimum absolute atomic E-state index is 0.0806. The first-order chi connectivity index (χ1) is 23.4. The van der Waals surface area contributed by atoms with Crippen LogP contribution >= 0.6 is 0 Å². The zero-order chi connectivity index (χ0) is 36.5. The van der Waals surface area contributed by atoms with E-state index in [0.29, 0.717) is 6.42 Å². The lowest BCUT2D eigenvalue weighted by atomic mass is 9.96. The predicted molar refractivity (Wildman–Crippen MR) is 190 cm³/mol. The Morgan fingerprint density at radius 2 is 1.33 bits per heavy atom. The Bertz CT molecular complexity index is 1310.